The van der Waals surface area contributed by atoms with Gasteiger partial charge in [-0.25, -0.2) is 4.39 Å². The first kappa shape index (κ1) is 18.7. The van der Waals surface area contributed by atoms with E-state index < -0.39 is 5.60 Å². The zero-order chi connectivity index (χ0) is 19.8. The number of aromatic nitrogens is 3. The number of aromatic amines is 1. The largest absolute Gasteiger partial charge is 0.370 e. The molecule has 152 valence electrons. The number of fused-ring (bicyclic) bond motifs is 3. The van der Waals surface area contributed by atoms with Crippen molar-refractivity contribution in [3.05, 3.63) is 59.4 Å². The molecule has 2 heterocycles. The Hall–Kier alpha value is -2.31. The van der Waals surface area contributed by atoms with Crippen LogP contribution in [0.25, 0.3) is 11.0 Å². The molecule has 6 heteroatoms. The van der Waals surface area contributed by atoms with Crippen LogP contribution in [0.15, 0.2) is 42.5 Å². The smallest absolute Gasteiger partial charge is 0.131 e. The fourth-order valence-corrected chi connectivity index (χ4v) is 5.71. The van der Waals surface area contributed by atoms with Crippen LogP contribution in [0.1, 0.15) is 37.3 Å². The van der Waals surface area contributed by atoms with Crippen LogP contribution in [0.3, 0.4) is 0 Å². The third kappa shape index (κ3) is 3.06. The monoisotopic (exact) mass is 394 g/mol. The maximum absolute atomic E-state index is 15.3. The van der Waals surface area contributed by atoms with Crippen molar-refractivity contribution in [2.75, 3.05) is 19.7 Å². The molecule has 1 aliphatic heterocycles. The quantitative estimate of drug-likeness (QED) is 0.703. The highest BCUT2D eigenvalue weighted by atomic mass is 19.1. The molecule has 5 rings (SSSR count). The van der Waals surface area contributed by atoms with Gasteiger partial charge in [-0.2, -0.15) is 15.4 Å². The van der Waals surface area contributed by atoms with E-state index in [4.69, 9.17) is 4.74 Å². The lowest BCUT2D eigenvalue weighted by Crippen LogP contribution is -2.59. The van der Waals surface area contributed by atoms with Crippen LogP contribution < -0.4 is 0 Å². The number of piperidine rings is 1. The first-order chi connectivity index (χ1) is 14.2. The van der Waals surface area contributed by atoms with E-state index in [2.05, 4.69) is 50.6 Å². The van der Waals surface area contributed by atoms with Crippen molar-refractivity contribution in [1.29, 1.82) is 0 Å². The Kier molecular flexibility index (Phi) is 4.84. The predicted molar refractivity (Wildman–Crippen MR) is 110 cm³/mol. The van der Waals surface area contributed by atoms with Crippen LogP contribution >= 0.6 is 0 Å². The maximum atomic E-state index is 15.3. The van der Waals surface area contributed by atoms with Gasteiger partial charge in [-0.15, -0.1) is 0 Å². The van der Waals surface area contributed by atoms with Crippen molar-refractivity contribution in [3.8, 4) is 0 Å². The molecule has 0 amide bonds. The van der Waals surface area contributed by atoms with Crippen LogP contribution in [0, 0.1) is 17.7 Å². The second-order valence-electron chi connectivity index (χ2n) is 8.34. The topological polar surface area (TPSA) is 54.0 Å². The molecular weight excluding hydrogens is 367 g/mol. The molecule has 1 aliphatic carbocycles. The Bertz CT molecular complexity index is 975. The van der Waals surface area contributed by atoms with Crippen molar-refractivity contribution < 1.29 is 9.13 Å². The summed E-state index contributed by atoms with van der Waals surface area (Å²) in [7, 11) is 0. The predicted octanol–water partition coefficient (Wildman–Crippen LogP) is 4.26. The number of nitrogens with zero attached hydrogens (tertiary/aromatic N) is 3. The van der Waals surface area contributed by atoms with Gasteiger partial charge in [-0.1, -0.05) is 36.8 Å². The van der Waals surface area contributed by atoms with E-state index in [-0.39, 0.29) is 17.7 Å². The molecule has 0 spiro atoms. The van der Waals surface area contributed by atoms with Gasteiger partial charge < -0.3 is 4.74 Å². The van der Waals surface area contributed by atoms with Gasteiger partial charge in [0.2, 0.25) is 0 Å². The third-order valence-electron chi connectivity index (χ3n) is 6.74. The van der Waals surface area contributed by atoms with Crippen LogP contribution in [-0.4, -0.2) is 40.0 Å². The Labute approximate surface area is 170 Å². The van der Waals surface area contributed by atoms with Crippen molar-refractivity contribution in [2.45, 2.75) is 38.3 Å². The molecule has 0 radical (unpaired) electrons. The number of halogens is 1. The summed E-state index contributed by atoms with van der Waals surface area (Å²) in [6.07, 6.45) is 3.24. The van der Waals surface area contributed by atoms with Gasteiger partial charge in [0.15, 0.2) is 0 Å². The fourth-order valence-electron chi connectivity index (χ4n) is 5.71. The van der Waals surface area contributed by atoms with E-state index in [1.54, 1.807) is 6.07 Å². The normalized spacial score (nSPS) is 27.4. The van der Waals surface area contributed by atoms with Gasteiger partial charge >= 0.3 is 0 Å². The number of likely N-dealkylation sites (tertiary alicyclic amines) is 1. The molecule has 3 aromatic rings. The highest BCUT2D eigenvalue weighted by Gasteiger charge is 2.55. The Morgan fingerprint density at radius 1 is 1.10 bits per heavy atom. The van der Waals surface area contributed by atoms with Gasteiger partial charge in [0.25, 0.3) is 0 Å². The molecule has 1 aromatic heterocycles. The summed E-state index contributed by atoms with van der Waals surface area (Å²) in [5, 5.41) is 11.2. The summed E-state index contributed by atoms with van der Waals surface area (Å²) in [4.78, 5) is 2.52. The number of nitrogens with one attached hydrogen (secondary N) is 1. The first-order valence-electron chi connectivity index (χ1n) is 10.6. The van der Waals surface area contributed by atoms with E-state index in [0.29, 0.717) is 23.2 Å². The molecule has 2 aromatic carbocycles. The summed E-state index contributed by atoms with van der Waals surface area (Å²) in [6, 6.07) is 13.8. The minimum atomic E-state index is -0.638. The second-order valence-corrected chi connectivity index (χ2v) is 8.34. The Morgan fingerprint density at radius 2 is 1.86 bits per heavy atom. The average molecular weight is 394 g/mol. The SMILES string of the molecule is CCOC1(c2c(F)ccc3n[nH]nc23)C2CCCC1CN(Cc1ccccc1)C2. The highest BCUT2D eigenvalue weighted by molar-refractivity contribution is 5.79. The van der Waals surface area contributed by atoms with Gasteiger partial charge in [0.05, 0.1) is 5.56 Å². The van der Waals surface area contributed by atoms with Gasteiger partial charge in [0.1, 0.15) is 22.5 Å². The Balaban J connectivity index is 1.56. The molecule has 2 atom stereocenters. The van der Waals surface area contributed by atoms with E-state index in [1.807, 2.05) is 6.92 Å². The Morgan fingerprint density at radius 3 is 2.59 bits per heavy atom. The third-order valence-corrected chi connectivity index (χ3v) is 6.74. The molecule has 2 fully saturated rings. The van der Waals surface area contributed by atoms with Gasteiger partial charge in [0, 0.05) is 38.1 Å². The number of ether oxygens (including phenoxy) is 1. The molecule has 5 nitrogen and oxygen atoms in total. The number of rotatable bonds is 5. The van der Waals surface area contributed by atoms with Crippen molar-refractivity contribution in [3.63, 3.8) is 0 Å². The van der Waals surface area contributed by atoms with Crippen LogP contribution in [0.2, 0.25) is 0 Å². The lowest BCUT2D eigenvalue weighted by molar-refractivity contribution is -0.185. The van der Waals surface area contributed by atoms with E-state index in [0.717, 1.165) is 32.5 Å². The van der Waals surface area contributed by atoms with Crippen LogP contribution in [0.4, 0.5) is 4.39 Å². The minimum absolute atomic E-state index is 0.228. The molecule has 1 saturated heterocycles. The summed E-state index contributed by atoms with van der Waals surface area (Å²) >= 11 is 0. The van der Waals surface area contributed by atoms with Crippen LogP contribution in [0.5, 0.6) is 0 Å². The zero-order valence-corrected chi connectivity index (χ0v) is 16.8. The van der Waals surface area contributed by atoms with Crippen molar-refractivity contribution in [2.24, 2.45) is 11.8 Å². The van der Waals surface area contributed by atoms with Crippen LogP contribution in [-0.2, 0) is 16.9 Å². The maximum Gasteiger partial charge on any atom is 0.131 e. The van der Waals surface area contributed by atoms with E-state index >= 15 is 4.39 Å². The highest BCUT2D eigenvalue weighted by Crippen LogP contribution is 2.53. The summed E-state index contributed by atoms with van der Waals surface area (Å²) in [6.45, 7) is 5.29. The number of benzene rings is 2. The molecule has 1 N–H and O–H groups in total. The summed E-state index contributed by atoms with van der Waals surface area (Å²) in [5.41, 5.74) is 2.61. The fraction of sp³-hybridized carbons (Fsp3) is 0.478. The standard InChI is InChI=1S/C23H27FN4O/c1-2-29-23(21-19(24)11-12-20-22(21)26-27-25-20)17-9-6-10-18(23)15-28(14-17)13-16-7-4-3-5-8-16/h3-5,7-8,11-12,17-18H,2,6,9-10,13-15H2,1H3,(H,25,26,27). The summed E-state index contributed by atoms with van der Waals surface area (Å²) in [5.74, 6) is 0.235. The first-order valence-corrected chi connectivity index (χ1v) is 10.6. The zero-order valence-electron chi connectivity index (χ0n) is 16.8. The van der Waals surface area contributed by atoms with Gasteiger partial charge in [-0.3, -0.25) is 4.90 Å². The molecule has 29 heavy (non-hydrogen) atoms. The molecular formula is C23H27FN4O. The minimum Gasteiger partial charge on any atom is -0.370 e. The van der Waals surface area contributed by atoms with E-state index in [9.17, 15) is 0 Å². The second kappa shape index (κ2) is 7.50. The van der Waals surface area contributed by atoms with Gasteiger partial charge in [-0.05, 0) is 37.5 Å². The molecule has 2 bridgehead atoms. The average Bonchev–Trinajstić information content (AvgIpc) is 3.18. The van der Waals surface area contributed by atoms with E-state index in [1.165, 1.54) is 18.1 Å². The number of H-pyrrole nitrogens is 1. The molecule has 1 saturated carbocycles. The molecule has 2 aliphatic rings. The number of hydrogen-bond donors (Lipinski definition) is 1. The van der Waals surface area contributed by atoms with Crippen molar-refractivity contribution in [1.82, 2.24) is 20.3 Å². The lowest BCUT2D eigenvalue weighted by atomic mass is 9.62. The van der Waals surface area contributed by atoms with Crippen molar-refractivity contribution >= 4 is 11.0 Å². The molecule has 2 unspecified atom stereocenters. The number of hydrogen-bond acceptors (Lipinski definition) is 4. The lowest BCUT2D eigenvalue weighted by Gasteiger charge is -2.55. The summed E-state index contributed by atoms with van der Waals surface area (Å²) < 4.78 is 21.9.